The average Bonchev–Trinajstić information content (AvgIpc) is 2.33. The quantitative estimate of drug-likeness (QED) is 0.391. The highest BCUT2D eigenvalue weighted by atomic mass is 28.5. The van der Waals surface area contributed by atoms with Crippen LogP contribution in [0.2, 0.25) is 70.5 Å². The van der Waals surface area contributed by atoms with Gasteiger partial charge in [-0.2, -0.15) is 0 Å². The first kappa shape index (κ1) is 28.7. The topological polar surface area (TPSA) is 27.7 Å². The van der Waals surface area contributed by atoms with Gasteiger partial charge in [0.05, 0.1) is 0 Å². The fraction of sp³-hybridized carbons (Fsp3) is 0.778. The number of rotatable bonds is 8. The molecule has 26 heavy (non-hydrogen) atoms. The first-order valence-electron chi connectivity index (χ1n) is 9.52. The van der Waals surface area contributed by atoms with Crippen molar-refractivity contribution in [3.8, 4) is 0 Å². The lowest BCUT2D eigenvalue weighted by atomic mass is 10.3. The molecule has 0 saturated carbocycles. The largest absolute Gasteiger partial charge is 0.449 e. The maximum absolute atomic E-state index is 6.27. The molecule has 156 valence electrons. The molecule has 1 atom stereocenters. The van der Waals surface area contributed by atoms with Gasteiger partial charge in [-0.25, -0.2) is 0 Å². The van der Waals surface area contributed by atoms with E-state index in [0.717, 1.165) is 0 Å². The van der Waals surface area contributed by atoms with Crippen molar-refractivity contribution in [2.45, 2.75) is 91.3 Å². The van der Waals surface area contributed by atoms with Crippen molar-refractivity contribution in [2.75, 3.05) is 0 Å². The summed E-state index contributed by atoms with van der Waals surface area (Å²) in [5, 5.41) is 0.326. The summed E-state index contributed by atoms with van der Waals surface area (Å²) >= 11 is 0. The Morgan fingerprint density at radius 3 is 1.31 bits per heavy atom. The molecule has 1 unspecified atom stereocenters. The van der Waals surface area contributed by atoms with E-state index in [9.17, 15) is 0 Å². The summed E-state index contributed by atoms with van der Waals surface area (Å²) in [4.78, 5) is 0. The third kappa shape index (κ3) is 15.5. The van der Waals surface area contributed by atoms with Gasteiger partial charge in [0.15, 0.2) is 34.0 Å². The maximum Gasteiger partial charge on any atom is 0.311 e. The van der Waals surface area contributed by atoms with Gasteiger partial charge >= 0.3 is 8.56 Å². The minimum Gasteiger partial charge on any atom is -0.449 e. The summed E-state index contributed by atoms with van der Waals surface area (Å²) in [6.07, 6.45) is 0. The molecule has 0 heterocycles. The van der Waals surface area contributed by atoms with E-state index in [2.05, 4.69) is 99.4 Å². The first-order valence-corrected chi connectivity index (χ1v) is 23.9. The highest BCUT2D eigenvalue weighted by molar-refractivity contribution is 6.89. The van der Waals surface area contributed by atoms with Gasteiger partial charge in [-0.05, 0) is 70.5 Å². The molecule has 0 aliphatic heterocycles. The molecule has 0 aromatic rings. The fourth-order valence-corrected chi connectivity index (χ4v) is 19.6. The Bertz CT molecular complexity index is 431. The van der Waals surface area contributed by atoms with Crippen LogP contribution >= 0.6 is 0 Å². The molecule has 0 rings (SSSR count). The Kier molecular flexibility index (Phi) is 11.3. The summed E-state index contributed by atoms with van der Waals surface area (Å²) in [5.41, 5.74) is 3.93. The van der Waals surface area contributed by atoms with Crippen molar-refractivity contribution in [3.05, 3.63) is 24.6 Å². The van der Waals surface area contributed by atoms with Crippen LogP contribution in [0, 0.1) is 0 Å². The Labute approximate surface area is 170 Å². The van der Waals surface area contributed by atoms with Crippen molar-refractivity contribution in [3.63, 3.8) is 0 Å². The minimum atomic E-state index is -1.89. The molecule has 0 saturated heterocycles. The summed E-state index contributed by atoms with van der Waals surface area (Å²) in [5.74, 6) is 0. The van der Waals surface area contributed by atoms with Gasteiger partial charge < -0.3 is 12.3 Å². The number of hydrogen-bond acceptors (Lipinski definition) is 3. The van der Waals surface area contributed by atoms with E-state index >= 15 is 0 Å². The zero-order chi connectivity index (χ0) is 21.6. The third-order valence-electron chi connectivity index (χ3n) is 3.74. The SMILES string of the molecule is C=C[Si](C)(C)O[Si](C)(C)C=C.C[SiH](O[Si](C)(C)O[Si](C)(C)C)C(C)(C)C. The Morgan fingerprint density at radius 1 is 0.731 bits per heavy atom. The van der Waals surface area contributed by atoms with Crippen LogP contribution in [0.4, 0.5) is 0 Å². The number of hydrogen-bond donors (Lipinski definition) is 0. The van der Waals surface area contributed by atoms with Crippen LogP contribution in [0.3, 0.4) is 0 Å². The second-order valence-electron chi connectivity index (χ2n) is 10.5. The molecule has 0 aromatic heterocycles. The molecule has 3 nitrogen and oxygen atoms in total. The van der Waals surface area contributed by atoms with E-state index in [1.165, 1.54) is 0 Å². The molecule has 0 aliphatic rings. The highest BCUT2D eigenvalue weighted by Gasteiger charge is 2.36. The molecule has 0 radical (unpaired) electrons. The van der Waals surface area contributed by atoms with Crippen LogP contribution in [-0.4, -0.2) is 42.6 Å². The third-order valence-corrected chi connectivity index (χ3v) is 20.5. The van der Waals surface area contributed by atoms with Crippen molar-refractivity contribution >= 4 is 42.6 Å². The van der Waals surface area contributed by atoms with Crippen molar-refractivity contribution in [2.24, 2.45) is 0 Å². The monoisotopic (exact) mass is 450 g/mol. The molecular weight excluding hydrogens is 405 g/mol. The molecule has 8 heteroatoms. The van der Waals surface area contributed by atoms with Crippen molar-refractivity contribution in [1.29, 1.82) is 0 Å². The van der Waals surface area contributed by atoms with Gasteiger partial charge in [-0.3, -0.25) is 0 Å². The second kappa shape index (κ2) is 10.3. The Hall–Kier alpha value is 0.444. The van der Waals surface area contributed by atoms with Gasteiger partial charge in [-0.15, -0.1) is 13.2 Å². The van der Waals surface area contributed by atoms with Crippen LogP contribution in [0.15, 0.2) is 24.6 Å². The standard InChI is InChI=1S/C10H28O2Si3.C8H18OSi2/c1-10(2,3)13(4)11-15(8,9)12-14(5,6)7;1-7-10(3,4)9-11(5,6)8-2/h13H,1-9H3;7-8H,1-2H2,3-6H3. The fourth-order valence-electron chi connectivity index (χ4n) is 2.13. The summed E-state index contributed by atoms with van der Waals surface area (Å²) in [7, 11) is -7.65. The average molecular weight is 451 g/mol. The molecule has 0 fully saturated rings. The zero-order valence-corrected chi connectivity index (χ0v) is 25.0. The highest BCUT2D eigenvalue weighted by Crippen LogP contribution is 2.30. The molecule has 0 bridgehead atoms. The lowest BCUT2D eigenvalue weighted by Gasteiger charge is -2.37. The van der Waals surface area contributed by atoms with Crippen LogP contribution in [0.1, 0.15) is 20.8 Å². The predicted molar refractivity (Wildman–Crippen MR) is 132 cm³/mol. The van der Waals surface area contributed by atoms with Gasteiger partial charge in [0.2, 0.25) is 0 Å². The van der Waals surface area contributed by atoms with E-state index in [1.54, 1.807) is 0 Å². The molecule has 0 N–H and O–H groups in total. The van der Waals surface area contributed by atoms with E-state index in [0.29, 0.717) is 5.04 Å². The zero-order valence-electron chi connectivity index (χ0n) is 19.9. The minimum absolute atomic E-state index is 0.326. The van der Waals surface area contributed by atoms with Crippen LogP contribution < -0.4 is 0 Å². The van der Waals surface area contributed by atoms with Gasteiger partial charge in [0, 0.05) is 0 Å². The molecule has 0 aromatic carbocycles. The van der Waals surface area contributed by atoms with Gasteiger partial charge in [0.25, 0.3) is 0 Å². The molecular formula is C18H46O3Si5. The first-order chi connectivity index (χ1) is 11.2. The van der Waals surface area contributed by atoms with Crippen LogP contribution in [0.5, 0.6) is 0 Å². The van der Waals surface area contributed by atoms with Crippen LogP contribution in [-0.2, 0) is 12.3 Å². The lowest BCUT2D eigenvalue weighted by Crippen LogP contribution is -2.49. The predicted octanol–water partition coefficient (Wildman–Crippen LogP) is 6.57. The lowest BCUT2D eigenvalue weighted by molar-refractivity contribution is 0.388. The molecule has 0 spiro atoms. The van der Waals surface area contributed by atoms with Crippen molar-refractivity contribution in [1.82, 2.24) is 0 Å². The normalized spacial score (nSPS) is 15.0. The second-order valence-corrected chi connectivity index (χ2v) is 30.3. The van der Waals surface area contributed by atoms with Gasteiger partial charge in [0.1, 0.15) is 0 Å². The molecule has 0 aliphatic carbocycles. The summed E-state index contributed by atoms with van der Waals surface area (Å²) < 4.78 is 18.4. The van der Waals surface area contributed by atoms with E-state index in [-0.39, 0.29) is 0 Å². The van der Waals surface area contributed by atoms with Crippen LogP contribution in [0.25, 0.3) is 0 Å². The summed E-state index contributed by atoms with van der Waals surface area (Å²) in [6.45, 7) is 36.3. The molecule has 0 amide bonds. The van der Waals surface area contributed by atoms with Crippen molar-refractivity contribution < 1.29 is 12.3 Å². The van der Waals surface area contributed by atoms with E-state index in [4.69, 9.17) is 12.3 Å². The van der Waals surface area contributed by atoms with Gasteiger partial charge in [-0.1, -0.05) is 32.2 Å². The summed E-state index contributed by atoms with van der Waals surface area (Å²) in [6, 6.07) is 0. The smallest absolute Gasteiger partial charge is 0.311 e. The van der Waals surface area contributed by atoms with E-state index < -0.39 is 42.6 Å². The Balaban J connectivity index is 0. The van der Waals surface area contributed by atoms with E-state index in [1.807, 2.05) is 11.4 Å². The maximum atomic E-state index is 6.27. The Morgan fingerprint density at radius 2 is 1.08 bits per heavy atom.